The first kappa shape index (κ1) is 13.6. The second-order valence-corrected chi connectivity index (χ2v) is 3.91. The van der Waals surface area contributed by atoms with Crippen molar-refractivity contribution in [2.75, 3.05) is 13.2 Å². The Labute approximate surface area is 99.2 Å². The molecule has 1 saturated heterocycles. The van der Waals surface area contributed by atoms with Gasteiger partial charge >= 0.3 is 5.97 Å². The molecule has 0 unspecified atom stereocenters. The molecule has 1 aliphatic rings. The van der Waals surface area contributed by atoms with E-state index >= 15 is 0 Å². The lowest BCUT2D eigenvalue weighted by Gasteiger charge is -2.10. The lowest BCUT2D eigenvalue weighted by Crippen LogP contribution is -2.27. The Bertz CT molecular complexity index is 331. The van der Waals surface area contributed by atoms with Crippen LogP contribution in [-0.2, 0) is 14.3 Å². The van der Waals surface area contributed by atoms with E-state index in [0.717, 1.165) is 6.08 Å². The second-order valence-electron chi connectivity index (χ2n) is 3.91. The van der Waals surface area contributed by atoms with E-state index < -0.39 is 17.8 Å². The summed E-state index contributed by atoms with van der Waals surface area (Å²) in [7, 11) is 0. The summed E-state index contributed by atoms with van der Waals surface area (Å²) >= 11 is 0. The summed E-state index contributed by atoms with van der Waals surface area (Å²) in [5, 5.41) is 2.67. The van der Waals surface area contributed by atoms with Gasteiger partial charge in [0, 0.05) is 18.5 Å². The molecule has 0 bridgehead atoms. The van der Waals surface area contributed by atoms with Crippen molar-refractivity contribution < 1.29 is 18.7 Å². The van der Waals surface area contributed by atoms with Crippen LogP contribution in [0.5, 0.6) is 0 Å². The molecule has 96 valence electrons. The molecule has 1 aliphatic heterocycles. The summed E-state index contributed by atoms with van der Waals surface area (Å²) < 4.78 is 17.7. The van der Waals surface area contributed by atoms with Crippen molar-refractivity contribution in [3.63, 3.8) is 0 Å². The highest BCUT2D eigenvalue weighted by molar-refractivity contribution is 5.86. The van der Waals surface area contributed by atoms with Crippen molar-refractivity contribution in [1.29, 1.82) is 0 Å². The number of nitrogens with two attached hydrogens (primary N) is 1. The quantitative estimate of drug-likeness (QED) is 0.537. The standard InChI is InChI=1S/C11H17FN2O3/c1-2-17-11(16)9(12)6-8(13)5-7-3-4-14-10(7)15/h6-8H,2-5,13H2,1H3,(H,14,15)/b9-6-/t7-,8-/m0/s1. The van der Waals surface area contributed by atoms with Crippen LogP contribution in [0.3, 0.4) is 0 Å². The van der Waals surface area contributed by atoms with E-state index in [4.69, 9.17) is 5.73 Å². The average Bonchev–Trinajstić information content (AvgIpc) is 2.64. The molecule has 6 heteroatoms. The maximum absolute atomic E-state index is 13.2. The third kappa shape index (κ3) is 4.14. The number of nitrogens with one attached hydrogen (secondary N) is 1. The normalized spacial score (nSPS) is 22.2. The van der Waals surface area contributed by atoms with Crippen LogP contribution in [0.25, 0.3) is 0 Å². The summed E-state index contributed by atoms with van der Waals surface area (Å²) in [4.78, 5) is 22.2. The Morgan fingerprint density at radius 2 is 2.47 bits per heavy atom. The van der Waals surface area contributed by atoms with Crippen LogP contribution < -0.4 is 11.1 Å². The molecular weight excluding hydrogens is 227 g/mol. The Morgan fingerprint density at radius 3 is 3.00 bits per heavy atom. The van der Waals surface area contributed by atoms with Gasteiger partial charge < -0.3 is 15.8 Å². The highest BCUT2D eigenvalue weighted by atomic mass is 19.1. The number of carbonyl (C=O) groups is 2. The monoisotopic (exact) mass is 244 g/mol. The number of esters is 1. The maximum atomic E-state index is 13.2. The number of rotatable bonds is 5. The molecule has 5 nitrogen and oxygen atoms in total. The van der Waals surface area contributed by atoms with Crippen molar-refractivity contribution in [1.82, 2.24) is 5.32 Å². The third-order valence-corrected chi connectivity index (χ3v) is 2.55. The number of hydrogen-bond acceptors (Lipinski definition) is 4. The lowest BCUT2D eigenvalue weighted by molar-refractivity contribution is -0.140. The van der Waals surface area contributed by atoms with Gasteiger partial charge in [-0.2, -0.15) is 4.39 Å². The summed E-state index contributed by atoms with van der Waals surface area (Å²) in [5.41, 5.74) is 5.65. The van der Waals surface area contributed by atoms with E-state index in [9.17, 15) is 14.0 Å². The van der Waals surface area contributed by atoms with Crippen LogP contribution in [0.1, 0.15) is 19.8 Å². The molecule has 2 atom stereocenters. The minimum absolute atomic E-state index is 0.0645. The van der Waals surface area contributed by atoms with Gasteiger partial charge in [-0.25, -0.2) is 4.79 Å². The molecule has 1 heterocycles. The molecule has 0 aromatic heterocycles. The first-order valence-electron chi connectivity index (χ1n) is 5.62. The van der Waals surface area contributed by atoms with Crippen LogP contribution in [-0.4, -0.2) is 31.1 Å². The zero-order valence-corrected chi connectivity index (χ0v) is 9.74. The van der Waals surface area contributed by atoms with Gasteiger partial charge in [0.05, 0.1) is 6.61 Å². The maximum Gasteiger partial charge on any atom is 0.366 e. The van der Waals surface area contributed by atoms with E-state index in [1.165, 1.54) is 0 Å². The van der Waals surface area contributed by atoms with Crippen molar-refractivity contribution in [2.45, 2.75) is 25.8 Å². The summed E-state index contributed by atoms with van der Waals surface area (Å²) in [6.45, 7) is 2.33. The fourth-order valence-electron chi connectivity index (χ4n) is 1.72. The van der Waals surface area contributed by atoms with Gasteiger partial charge in [-0.3, -0.25) is 4.79 Å². The van der Waals surface area contributed by atoms with Crippen LogP contribution in [0.2, 0.25) is 0 Å². The van der Waals surface area contributed by atoms with Gasteiger partial charge in [-0.1, -0.05) is 0 Å². The van der Waals surface area contributed by atoms with Crippen molar-refractivity contribution >= 4 is 11.9 Å². The molecule has 0 spiro atoms. The molecule has 17 heavy (non-hydrogen) atoms. The molecule has 3 N–H and O–H groups in total. The highest BCUT2D eigenvalue weighted by Crippen LogP contribution is 2.16. The van der Waals surface area contributed by atoms with Crippen LogP contribution in [0.4, 0.5) is 4.39 Å². The molecule has 0 aromatic carbocycles. The fourth-order valence-corrected chi connectivity index (χ4v) is 1.72. The van der Waals surface area contributed by atoms with Crippen molar-refractivity contribution in [3.8, 4) is 0 Å². The van der Waals surface area contributed by atoms with E-state index in [-0.39, 0.29) is 18.4 Å². The fraction of sp³-hybridized carbons (Fsp3) is 0.636. The molecule has 1 rings (SSSR count). The Morgan fingerprint density at radius 1 is 1.76 bits per heavy atom. The van der Waals surface area contributed by atoms with Crippen molar-refractivity contribution in [3.05, 3.63) is 11.9 Å². The topological polar surface area (TPSA) is 81.4 Å². The minimum Gasteiger partial charge on any atom is -0.461 e. The predicted octanol–water partition coefficient (Wildman–Crippen LogP) is 0.256. The lowest BCUT2D eigenvalue weighted by atomic mass is 9.98. The molecule has 0 saturated carbocycles. The minimum atomic E-state index is -1.01. The molecule has 0 aromatic rings. The number of halogens is 1. The molecule has 0 aliphatic carbocycles. The van der Waals surface area contributed by atoms with Crippen LogP contribution in [0, 0.1) is 5.92 Å². The number of hydrogen-bond donors (Lipinski definition) is 2. The Hall–Kier alpha value is -1.43. The molecule has 0 radical (unpaired) electrons. The summed E-state index contributed by atoms with van der Waals surface area (Å²) in [5.74, 6) is -2.28. The SMILES string of the molecule is CCOC(=O)/C(F)=C/[C@@H](N)C[C@@H]1CCNC1=O. The zero-order chi connectivity index (χ0) is 12.8. The average molecular weight is 244 g/mol. The number of amides is 1. The molecule has 1 amide bonds. The predicted molar refractivity (Wildman–Crippen MR) is 59.5 cm³/mol. The second kappa shape index (κ2) is 6.34. The van der Waals surface area contributed by atoms with Gasteiger partial charge in [0.1, 0.15) is 0 Å². The first-order valence-corrected chi connectivity index (χ1v) is 5.62. The zero-order valence-electron chi connectivity index (χ0n) is 9.74. The third-order valence-electron chi connectivity index (χ3n) is 2.55. The van der Waals surface area contributed by atoms with Crippen LogP contribution in [0.15, 0.2) is 11.9 Å². The summed E-state index contributed by atoms with van der Waals surface area (Å²) in [6, 6.07) is -0.659. The molecular formula is C11H17FN2O3. The van der Waals surface area contributed by atoms with Crippen molar-refractivity contribution in [2.24, 2.45) is 11.7 Å². The van der Waals surface area contributed by atoms with Gasteiger partial charge in [-0.05, 0) is 25.8 Å². The van der Waals surface area contributed by atoms with E-state index in [1.54, 1.807) is 6.92 Å². The Kier molecular flexibility index (Phi) is 5.09. The number of carbonyl (C=O) groups excluding carboxylic acids is 2. The van der Waals surface area contributed by atoms with E-state index in [0.29, 0.717) is 19.4 Å². The summed E-state index contributed by atoms with van der Waals surface area (Å²) in [6.07, 6.45) is 2.03. The highest BCUT2D eigenvalue weighted by Gasteiger charge is 2.25. The first-order chi connectivity index (χ1) is 8.04. The van der Waals surface area contributed by atoms with E-state index in [2.05, 4.69) is 10.1 Å². The Balaban J connectivity index is 2.47. The van der Waals surface area contributed by atoms with E-state index in [1.807, 2.05) is 0 Å². The van der Waals surface area contributed by atoms with Gasteiger partial charge in [0.15, 0.2) is 0 Å². The number of ether oxygens (including phenoxy) is 1. The van der Waals surface area contributed by atoms with Gasteiger partial charge in [-0.15, -0.1) is 0 Å². The molecule has 1 fully saturated rings. The van der Waals surface area contributed by atoms with Gasteiger partial charge in [0.2, 0.25) is 11.7 Å². The largest absolute Gasteiger partial charge is 0.461 e. The smallest absolute Gasteiger partial charge is 0.366 e. The van der Waals surface area contributed by atoms with Crippen LogP contribution >= 0.6 is 0 Å². The van der Waals surface area contributed by atoms with Gasteiger partial charge in [0.25, 0.3) is 0 Å².